The van der Waals surface area contributed by atoms with Crippen LogP contribution in [0.1, 0.15) is 10.5 Å². The molecule has 2 saturated heterocycles. The summed E-state index contributed by atoms with van der Waals surface area (Å²) in [5.74, 6) is 1.42. The molecule has 0 aliphatic carbocycles. The Morgan fingerprint density at radius 3 is 2.67 bits per heavy atom. The van der Waals surface area contributed by atoms with Crippen LogP contribution in [0.4, 0.5) is 10.2 Å². The van der Waals surface area contributed by atoms with E-state index in [4.69, 9.17) is 0 Å². The Balaban J connectivity index is 1.50. The zero-order valence-corrected chi connectivity index (χ0v) is 13.7. The summed E-state index contributed by atoms with van der Waals surface area (Å²) in [6, 6.07) is 5.35. The quantitative estimate of drug-likeness (QED) is 0.831. The Bertz CT molecular complexity index is 703. The van der Waals surface area contributed by atoms with Crippen LogP contribution in [0.15, 0.2) is 42.4 Å². The fourth-order valence-corrected chi connectivity index (χ4v) is 3.94. The Morgan fingerprint density at radius 1 is 1.21 bits per heavy atom. The molecule has 5 nitrogen and oxygen atoms in total. The van der Waals surface area contributed by atoms with E-state index in [0.29, 0.717) is 29.9 Å². The van der Waals surface area contributed by atoms with E-state index < -0.39 is 0 Å². The molecule has 4 heterocycles. The Labute approximate surface area is 141 Å². The summed E-state index contributed by atoms with van der Waals surface area (Å²) in [4.78, 5) is 23.2. The van der Waals surface area contributed by atoms with Gasteiger partial charge >= 0.3 is 0 Å². The van der Waals surface area contributed by atoms with Crippen LogP contribution in [0.2, 0.25) is 0 Å². The zero-order valence-electron chi connectivity index (χ0n) is 13.7. The van der Waals surface area contributed by atoms with Crippen LogP contribution in [0, 0.1) is 11.8 Å². The van der Waals surface area contributed by atoms with Gasteiger partial charge in [-0.3, -0.25) is 4.79 Å². The third-order valence-electron chi connectivity index (χ3n) is 5.06. The van der Waals surface area contributed by atoms with Gasteiger partial charge in [0.05, 0.1) is 0 Å². The molecule has 0 bridgehead atoms. The van der Waals surface area contributed by atoms with Crippen LogP contribution in [-0.2, 0) is 0 Å². The predicted molar refractivity (Wildman–Crippen MR) is 90.3 cm³/mol. The highest BCUT2D eigenvalue weighted by atomic mass is 19.1. The molecule has 0 radical (unpaired) electrons. The van der Waals surface area contributed by atoms with Gasteiger partial charge in [-0.2, -0.15) is 0 Å². The second-order valence-corrected chi connectivity index (χ2v) is 6.90. The predicted octanol–water partition coefficient (Wildman–Crippen LogP) is 1.90. The molecule has 3 aliphatic rings. The van der Waals surface area contributed by atoms with Crippen molar-refractivity contribution in [2.24, 2.45) is 11.8 Å². The van der Waals surface area contributed by atoms with Gasteiger partial charge in [0.15, 0.2) is 0 Å². The molecule has 2 unspecified atom stereocenters. The lowest BCUT2D eigenvalue weighted by atomic mass is 10.0. The van der Waals surface area contributed by atoms with E-state index in [-0.39, 0.29) is 11.7 Å². The first-order valence-corrected chi connectivity index (χ1v) is 8.35. The molecule has 1 amide bonds. The number of carbonyl (C=O) groups excluding carboxylic acids is 1. The smallest absolute Gasteiger partial charge is 0.272 e. The highest BCUT2D eigenvalue weighted by Gasteiger charge is 2.40. The van der Waals surface area contributed by atoms with Gasteiger partial charge in [-0.1, -0.05) is 12.1 Å². The molecule has 2 atom stereocenters. The summed E-state index contributed by atoms with van der Waals surface area (Å²) in [6.07, 6.45) is 4.59. The summed E-state index contributed by atoms with van der Waals surface area (Å²) in [7, 11) is 2.13. The van der Waals surface area contributed by atoms with Gasteiger partial charge in [-0.15, -0.1) is 0 Å². The fourth-order valence-electron chi connectivity index (χ4n) is 3.94. The van der Waals surface area contributed by atoms with E-state index in [0.717, 1.165) is 26.2 Å². The monoisotopic (exact) mass is 328 g/mol. The minimum absolute atomic E-state index is 0.0223. The second-order valence-electron chi connectivity index (χ2n) is 6.90. The minimum Gasteiger partial charge on any atom is -0.337 e. The van der Waals surface area contributed by atoms with Gasteiger partial charge in [0.25, 0.3) is 5.91 Å². The number of hydrogen-bond donors (Lipinski definition) is 0. The maximum atomic E-state index is 13.4. The van der Waals surface area contributed by atoms with Gasteiger partial charge in [0, 0.05) is 38.9 Å². The van der Waals surface area contributed by atoms with E-state index in [1.807, 2.05) is 11.0 Å². The number of pyridine rings is 1. The highest BCUT2D eigenvalue weighted by Crippen LogP contribution is 2.31. The first kappa shape index (κ1) is 15.3. The maximum Gasteiger partial charge on any atom is 0.272 e. The van der Waals surface area contributed by atoms with Crippen LogP contribution in [0.3, 0.4) is 0 Å². The topological polar surface area (TPSA) is 39.7 Å². The van der Waals surface area contributed by atoms with Crippen molar-refractivity contribution in [1.82, 2.24) is 14.8 Å². The number of halogens is 1. The lowest BCUT2D eigenvalue weighted by Crippen LogP contribution is -2.33. The number of anilines is 1. The van der Waals surface area contributed by atoms with Crippen molar-refractivity contribution < 1.29 is 9.18 Å². The van der Waals surface area contributed by atoms with Crippen LogP contribution in [0.25, 0.3) is 0 Å². The average molecular weight is 328 g/mol. The van der Waals surface area contributed by atoms with Gasteiger partial charge < -0.3 is 14.7 Å². The van der Waals surface area contributed by atoms with Gasteiger partial charge in [0.2, 0.25) is 0 Å². The van der Waals surface area contributed by atoms with Crippen molar-refractivity contribution in [3.05, 3.63) is 48.1 Å². The molecule has 1 aromatic heterocycles. The third-order valence-corrected chi connectivity index (χ3v) is 5.06. The number of rotatable bonds is 2. The van der Waals surface area contributed by atoms with E-state index in [9.17, 15) is 9.18 Å². The summed E-state index contributed by atoms with van der Waals surface area (Å²) >= 11 is 0. The molecule has 0 spiro atoms. The summed E-state index contributed by atoms with van der Waals surface area (Å²) in [6.45, 7) is 4.29. The number of carbonyl (C=O) groups is 1. The normalized spacial score (nSPS) is 26.7. The first-order valence-electron chi connectivity index (χ1n) is 8.35. The van der Waals surface area contributed by atoms with Crippen molar-refractivity contribution in [3.8, 4) is 0 Å². The van der Waals surface area contributed by atoms with E-state index in [1.165, 1.54) is 12.3 Å². The van der Waals surface area contributed by atoms with Crippen LogP contribution in [-0.4, -0.2) is 60.5 Å². The lowest BCUT2D eigenvalue weighted by Gasteiger charge is -2.22. The molecule has 126 valence electrons. The molecule has 6 heteroatoms. The molecule has 0 saturated carbocycles. The van der Waals surface area contributed by atoms with E-state index in [1.54, 1.807) is 23.1 Å². The van der Waals surface area contributed by atoms with E-state index >= 15 is 0 Å². The van der Waals surface area contributed by atoms with Gasteiger partial charge in [-0.05, 0) is 37.1 Å². The first-order chi connectivity index (χ1) is 11.6. The number of nitrogens with zero attached hydrogens (tertiary/aromatic N) is 4. The summed E-state index contributed by atoms with van der Waals surface area (Å²) in [5.41, 5.74) is 0.434. The molecule has 0 aromatic carbocycles. The number of hydrogen-bond acceptors (Lipinski definition) is 4. The van der Waals surface area contributed by atoms with Crippen molar-refractivity contribution in [2.45, 2.75) is 0 Å². The number of likely N-dealkylation sites (tertiary alicyclic amines) is 2. The molecule has 24 heavy (non-hydrogen) atoms. The van der Waals surface area contributed by atoms with Gasteiger partial charge in [0.1, 0.15) is 17.3 Å². The number of amides is 1. The second kappa shape index (κ2) is 6.02. The molecule has 0 N–H and O–H groups in total. The fraction of sp³-hybridized carbons (Fsp3) is 0.444. The van der Waals surface area contributed by atoms with Crippen LogP contribution < -0.4 is 4.90 Å². The summed E-state index contributed by atoms with van der Waals surface area (Å²) in [5, 5.41) is 0. The molecule has 3 aliphatic heterocycles. The molecule has 1 aromatic rings. The van der Waals surface area contributed by atoms with Crippen LogP contribution >= 0.6 is 0 Å². The summed E-state index contributed by atoms with van der Waals surface area (Å²) < 4.78 is 13.4. The Morgan fingerprint density at radius 2 is 1.96 bits per heavy atom. The largest absolute Gasteiger partial charge is 0.337 e. The van der Waals surface area contributed by atoms with E-state index in [2.05, 4.69) is 16.9 Å². The highest BCUT2D eigenvalue weighted by molar-refractivity contribution is 5.93. The van der Waals surface area contributed by atoms with Crippen molar-refractivity contribution >= 4 is 11.7 Å². The zero-order chi connectivity index (χ0) is 16.7. The minimum atomic E-state index is -0.309. The standard InChI is InChI=1S/C18H21FN4O/c1-21-8-13-10-23(11-14(13)9-21)18(24)16-5-2-6-17(20-16)22-7-3-4-15(19)12-22/h2-6,12-14H,7-11H2,1H3. The molecule has 2 fully saturated rings. The molecular formula is C18H21FN4O. The average Bonchev–Trinajstić information content (AvgIpc) is 3.11. The van der Waals surface area contributed by atoms with Crippen molar-refractivity contribution in [2.75, 3.05) is 44.7 Å². The Hall–Kier alpha value is -2.21. The number of fused-ring (bicyclic) bond motifs is 1. The molecular weight excluding hydrogens is 307 g/mol. The SMILES string of the molecule is CN1CC2CN(C(=O)c3cccc(N4C=C(F)C=CC4)n3)CC2C1. The third kappa shape index (κ3) is 2.82. The maximum absolute atomic E-state index is 13.4. The number of aromatic nitrogens is 1. The number of allylic oxidation sites excluding steroid dienone is 2. The van der Waals surface area contributed by atoms with Crippen molar-refractivity contribution in [1.29, 1.82) is 0 Å². The van der Waals surface area contributed by atoms with Crippen LogP contribution in [0.5, 0.6) is 0 Å². The van der Waals surface area contributed by atoms with Crippen molar-refractivity contribution in [3.63, 3.8) is 0 Å². The van der Waals surface area contributed by atoms with Gasteiger partial charge in [-0.25, -0.2) is 9.37 Å². The lowest BCUT2D eigenvalue weighted by molar-refractivity contribution is 0.0770. The Kier molecular flexibility index (Phi) is 3.84. The molecule has 4 rings (SSSR count).